The molecule has 0 saturated carbocycles. The molecule has 0 aliphatic rings. The van der Waals surface area contributed by atoms with E-state index in [1.54, 1.807) is 30.3 Å². The molecule has 0 unspecified atom stereocenters. The van der Waals surface area contributed by atoms with Crippen LogP contribution in [0.4, 0.5) is 5.13 Å². The van der Waals surface area contributed by atoms with Gasteiger partial charge in [-0.1, -0.05) is 36.4 Å². The van der Waals surface area contributed by atoms with E-state index in [1.165, 1.54) is 29.6 Å². The summed E-state index contributed by atoms with van der Waals surface area (Å²) in [4.78, 5) is 41.4. The van der Waals surface area contributed by atoms with Crippen molar-refractivity contribution in [2.24, 2.45) is 0 Å². The number of aromatic nitrogens is 1. The minimum atomic E-state index is -1.14. The van der Waals surface area contributed by atoms with Gasteiger partial charge in [0.15, 0.2) is 11.2 Å². The maximum absolute atomic E-state index is 12.6. The van der Waals surface area contributed by atoms with Crippen LogP contribution >= 0.6 is 22.7 Å². The third-order valence-electron chi connectivity index (χ3n) is 3.74. The van der Waals surface area contributed by atoms with Crippen molar-refractivity contribution < 1.29 is 19.5 Å². The highest BCUT2D eigenvalue weighted by Gasteiger charge is 2.24. The summed E-state index contributed by atoms with van der Waals surface area (Å²) in [6.45, 7) is 1.38. The van der Waals surface area contributed by atoms with Crippen LogP contribution in [0.1, 0.15) is 23.4 Å². The summed E-state index contributed by atoms with van der Waals surface area (Å²) in [5.74, 6) is -1.83. The topological polar surface area (TPSA) is 108 Å². The Morgan fingerprint density at radius 2 is 1.89 bits per heavy atom. The molecule has 9 heteroatoms. The lowest BCUT2D eigenvalue weighted by Crippen LogP contribution is -2.34. The lowest BCUT2D eigenvalue weighted by atomic mass is 10.1. The van der Waals surface area contributed by atoms with E-state index in [-0.39, 0.29) is 12.3 Å². The number of benzene rings is 1. The number of hydrogen-bond donors (Lipinski definition) is 3. The molecule has 0 aliphatic carbocycles. The van der Waals surface area contributed by atoms with Crippen molar-refractivity contribution in [1.82, 2.24) is 10.3 Å². The van der Waals surface area contributed by atoms with Crippen LogP contribution in [0.3, 0.4) is 0 Å². The largest absolute Gasteiger partial charge is 0.479 e. The monoisotopic (exact) mass is 415 g/mol. The minimum Gasteiger partial charge on any atom is -0.479 e. The van der Waals surface area contributed by atoms with E-state index < -0.39 is 17.9 Å². The summed E-state index contributed by atoms with van der Waals surface area (Å²) in [5, 5.41) is 17.0. The van der Waals surface area contributed by atoms with E-state index in [4.69, 9.17) is 0 Å². The van der Waals surface area contributed by atoms with Crippen molar-refractivity contribution in [2.45, 2.75) is 19.4 Å². The van der Waals surface area contributed by atoms with Crippen molar-refractivity contribution in [3.63, 3.8) is 0 Å². The van der Waals surface area contributed by atoms with E-state index in [9.17, 15) is 19.5 Å². The first-order chi connectivity index (χ1) is 13.4. The number of carboxylic acids is 1. The quantitative estimate of drug-likeness (QED) is 0.549. The van der Waals surface area contributed by atoms with Gasteiger partial charge in [-0.3, -0.25) is 9.59 Å². The van der Waals surface area contributed by atoms with Gasteiger partial charge >= 0.3 is 5.97 Å². The summed E-state index contributed by atoms with van der Waals surface area (Å²) in [7, 11) is 0. The molecule has 3 N–H and O–H groups in total. The molecule has 1 aromatic carbocycles. The highest BCUT2D eigenvalue weighted by atomic mass is 32.1. The number of nitrogens with zero attached hydrogens (tertiary/aromatic N) is 1. The zero-order chi connectivity index (χ0) is 20.1. The first-order valence-corrected chi connectivity index (χ1v) is 10.0. The Morgan fingerprint density at radius 3 is 2.50 bits per heavy atom. The zero-order valence-corrected chi connectivity index (χ0v) is 16.5. The molecule has 7 nitrogen and oxygen atoms in total. The van der Waals surface area contributed by atoms with E-state index in [2.05, 4.69) is 15.6 Å². The Labute approximate surface area is 169 Å². The van der Waals surface area contributed by atoms with Gasteiger partial charge in [0.25, 0.3) is 0 Å². The maximum Gasteiger partial charge on any atom is 0.330 e. The second kappa shape index (κ2) is 8.77. The predicted molar refractivity (Wildman–Crippen MR) is 108 cm³/mol. The van der Waals surface area contributed by atoms with Crippen molar-refractivity contribution in [2.75, 3.05) is 5.32 Å². The highest BCUT2D eigenvalue weighted by molar-refractivity contribution is 7.17. The lowest BCUT2D eigenvalue weighted by molar-refractivity contribution is -0.141. The molecule has 28 heavy (non-hydrogen) atoms. The summed E-state index contributed by atoms with van der Waals surface area (Å²) in [5.41, 5.74) is 1.11. The number of thiazole rings is 1. The van der Waals surface area contributed by atoms with Gasteiger partial charge in [-0.2, -0.15) is 0 Å². The van der Waals surface area contributed by atoms with Crippen molar-refractivity contribution in [1.29, 1.82) is 0 Å². The van der Waals surface area contributed by atoms with Gasteiger partial charge in [0, 0.05) is 11.8 Å². The average Bonchev–Trinajstić information content (AvgIpc) is 3.29. The Bertz CT molecular complexity index is 984. The molecule has 144 valence electrons. The molecule has 0 bridgehead atoms. The number of aliphatic carboxylic acids is 1. The Balaban J connectivity index is 1.82. The standard InChI is InChI=1S/C19H17N3O4S2/c1-11(23)20-19-22-17(13-8-5-9-27-13)14(28-19)10-15(24)21-16(18(25)26)12-6-3-2-4-7-12/h2-9,16H,10H2,1H3,(H,21,24)(H,25,26)(H,20,22,23)/t16-/m0/s1. The van der Waals surface area contributed by atoms with E-state index >= 15 is 0 Å². The van der Waals surface area contributed by atoms with E-state index in [0.717, 1.165) is 4.88 Å². The van der Waals surface area contributed by atoms with Crippen molar-refractivity contribution in [3.05, 3.63) is 58.3 Å². The first-order valence-electron chi connectivity index (χ1n) is 8.32. The number of carbonyl (C=O) groups is 3. The molecule has 2 amide bonds. The molecule has 0 aliphatic heterocycles. The molecule has 0 radical (unpaired) electrons. The van der Waals surface area contributed by atoms with Gasteiger partial charge in [0.2, 0.25) is 11.8 Å². The number of nitrogens with one attached hydrogen (secondary N) is 2. The molecule has 1 atom stereocenters. The van der Waals surface area contributed by atoms with Crippen LogP contribution < -0.4 is 10.6 Å². The molecule has 3 rings (SSSR count). The van der Waals surface area contributed by atoms with Crippen LogP contribution in [0.2, 0.25) is 0 Å². The molecular weight excluding hydrogens is 398 g/mol. The van der Waals surface area contributed by atoms with Crippen LogP contribution in [0.5, 0.6) is 0 Å². The number of rotatable bonds is 7. The molecule has 0 fully saturated rings. The van der Waals surface area contributed by atoms with Crippen LogP contribution in [0, 0.1) is 0 Å². The number of carboxylic acid groups (broad SMARTS) is 1. The fourth-order valence-electron chi connectivity index (χ4n) is 2.57. The maximum atomic E-state index is 12.6. The third kappa shape index (κ3) is 4.81. The van der Waals surface area contributed by atoms with Gasteiger partial charge in [0.1, 0.15) is 0 Å². The van der Waals surface area contributed by atoms with Crippen LogP contribution in [-0.2, 0) is 20.8 Å². The molecule has 3 aromatic rings. The normalized spacial score (nSPS) is 11.6. The smallest absolute Gasteiger partial charge is 0.330 e. The molecule has 2 aromatic heterocycles. The second-order valence-electron chi connectivity index (χ2n) is 5.88. The highest BCUT2D eigenvalue weighted by Crippen LogP contribution is 2.34. The summed E-state index contributed by atoms with van der Waals surface area (Å²) in [6.07, 6.45) is -0.0406. The molecule has 0 saturated heterocycles. The second-order valence-corrected chi connectivity index (χ2v) is 7.91. The molecule has 0 spiro atoms. The first kappa shape index (κ1) is 19.7. The Morgan fingerprint density at radius 1 is 1.14 bits per heavy atom. The number of thiophene rings is 1. The predicted octanol–water partition coefficient (Wildman–Crippen LogP) is 3.31. The van der Waals surface area contributed by atoms with Crippen LogP contribution in [0.25, 0.3) is 10.6 Å². The van der Waals surface area contributed by atoms with Crippen LogP contribution in [-0.4, -0.2) is 27.9 Å². The minimum absolute atomic E-state index is 0.0406. The zero-order valence-electron chi connectivity index (χ0n) is 14.8. The fraction of sp³-hybridized carbons (Fsp3) is 0.158. The number of anilines is 1. The molecular formula is C19H17N3O4S2. The number of amides is 2. The van der Waals surface area contributed by atoms with Crippen LogP contribution in [0.15, 0.2) is 47.8 Å². The Hall–Kier alpha value is -3.04. The van der Waals surface area contributed by atoms with Gasteiger partial charge < -0.3 is 15.7 Å². The summed E-state index contributed by atoms with van der Waals surface area (Å²) < 4.78 is 0. The van der Waals surface area contributed by atoms with Gasteiger partial charge in [-0.25, -0.2) is 9.78 Å². The third-order valence-corrected chi connectivity index (χ3v) is 5.59. The summed E-state index contributed by atoms with van der Waals surface area (Å²) >= 11 is 2.67. The fourth-order valence-corrected chi connectivity index (χ4v) is 4.40. The van der Waals surface area contributed by atoms with Gasteiger partial charge in [-0.15, -0.1) is 22.7 Å². The number of hydrogen-bond acceptors (Lipinski definition) is 6. The molecule has 2 heterocycles. The Kier molecular flexibility index (Phi) is 6.17. The van der Waals surface area contributed by atoms with Gasteiger partial charge in [0.05, 0.1) is 17.0 Å². The van der Waals surface area contributed by atoms with Crippen molar-refractivity contribution >= 4 is 45.6 Å². The number of carbonyl (C=O) groups excluding carboxylic acids is 2. The average molecular weight is 415 g/mol. The SMILES string of the molecule is CC(=O)Nc1nc(-c2cccs2)c(CC(=O)N[C@H](C(=O)O)c2ccccc2)s1. The van der Waals surface area contributed by atoms with E-state index in [1.807, 2.05) is 17.5 Å². The van der Waals surface area contributed by atoms with E-state index in [0.29, 0.717) is 21.3 Å². The van der Waals surface area contributed by atoms with Crippen molar-refractivity contribution in [3.8, 4) is 10.6 Å². The lowest BCUT2D eigenvalue weighted by Gasteiger charge is -2.14. The summed E-state index contributed by atoms with van der Waals surface area (Å²) in [6, 6.07) is 11.1. The van der Waals surface area contributed by atoms with Gasteiger partial charge in [-0.05, 0) is 17.0 Å².